The minimum Gasteiger partial charge on any atom is -0.293 e. The van der Waals surface area contributed by atoms with Crippen molar-refractivity contribution < 1.29 is 4.79 Å². The molecule has 1 aliphatic carbocycles. The summed E-state index contributed by atoms with van der Waals surface area (Å²) in [5.74, 6) is 0.502. The van der Waals surface area contributed by atoms with E-state index < -0.39 is 0 Å². The molecule has 0 aromatic carbocycles. The third-order valence-corrected chi connectivity index (χ3v) is 3.92. The van der Waals surface area contributed by atoms with Crippen molar-refractivity contribution >= 4 is 17.5 Å². The number of hydrogen-bond donors (Lipinski definition) is 1. The lowest BCUT2D eigenvalue weighted by molar-refractivity contribution is -0.117. The van der Waals surface area contributed by atoms with E-state index in [1.165, 1.54) is 0 Å². The van der Waals surface area contributed by atoms with Crippen molar-refractivity contribution in [1.29, 1.82) is 0 Å². The summed E-state index contributed by atoms with van der Waals surface area (Å²) < 4.78 is 3.66. The van der Waals surface area contributed by atoms with Crippen LogP contribution in [0.25, 0.3) is 16.9 Å². The first-order valence-corrected chi connectivity index (χ1v) is 7.94. The first kappa shape index (κ1) is 13.9. The molecule has 7 nitrogen and oxygen atoms in total. The maximum Gasteiger partial charge on any atom is 0.249 e. The first-order valence-electron chi connectivity index (χ1n) is 7.94. The van der Waals surface area contributed by atoms with E-state index in [0.717, 1.165) is 37.1 Å². The molecule has 0 aliphatic heterocycles. The third kappa shape index (κ3) is 2.69. The van der Waals surface area contributed by atoms with Gasteiger partial charge in [0.2, 0.25) is 11.9 Å². The van der Waals surface area contributed by atoms with Crippen LogP contribution in [0.1, 0.15) is 26.2 Å². The van der Waals surface area contributed by atoms with Crippen LogP contribution in [0.15, 0.2) is 30.6 Å². The van der Waals surface area contributed by atoms with E-state index in [9.17, 15) is 4.79 Å². The molecule has 0 atom stereocenters. The highest BCUT2D eigenvalue weighted by atomic mass is 16.2. The molecule has 1 saturated carbocycles. The summed E-state index contributed by atoms with van der Waals surface area (Å²) in [4.78, 5) is 16.3. The summed E-state index contributed by atoms with van der Waals surface area (Å²) in [6.07, 6.45) is 6.78. The molecule has 1 amide bonds. The Morgan fingerprint density at radius 1 is 1.39 bits per heavy atom. The Balaban J connectivity index is 1.68. The van der Waals surface area contributed by atoms with Crippen molar-refractivity contribution in [3.63, 3.8) is 0 Å². The fraction of sp³-hybridized carbons (Fsp3) is 0.375. The zero-order chi connectivity index (χ0) is 15.8. The van der Waals surface area contributed by atoms with Gasteiger partial charge < -0.3 is 0 Å². The van der Waals surface area contributed by atoms with Crippen molar-refractivity contribution in [2.24, 2.45) is 5.92 Å². The number of amides is 1. The highest BCUT2D eigenvalue weighted by molar-refractivity contribution is 5.92. The van der Waals surface area contributed by atoms with Gasteiger partial charge in [0, 0.05) is 24.2 Å². The number of hydrogen-bond acceptors (Lipinski definition) is 4. The zero-order valence-electron chi connectivity index (χ0n) is 12.9. The number of aromatic nitrogens is 5. The van der Waals surface area contributed by atoms with Gasteiger partial charge in [-0.2, -0.15) is 10.1 Å². The smallest absolute Gasteiger partial charge is 0.249 e. The van der Waals surface area contributed by atoms with Crippen LogP contribution in [0.3, 0.4) is 0 Å². The Labute approximate surface area is 133 Å². The van der Waals surface area contributed by atoms with Crippen LogP contribution in [0.2, 0.25) is 0 Å². The van der Waals surface area contributed by atoms with E-state index in [-0.39, 0.29) is 11.8 Å². The Kier molecular flexibility index (Phi) is 3.33. The molecule has 1 N–H and O–H groups in total. The number of anilines is 1. The van der Waals surface area contributed by atoms with E-state index in [4.69, 9.17) is 0 Å². The Bertz CT molecular complexity index is 860. The predicted molar refractivity (Wildman–Crippen MR) is 85.9 cm³/mol. The van der Waals surface area contributed by atoms with Crippen molar-refractivity contribution in [2.45, 2.75) is 32.7 Å². The molecule has 3 aromatic heterocycles. The highest BCUT2D eigenvalue weighted by Gasteiger charge is 2.30. The molecule has 0 radical (unpaired) electrons. The highest BCUT2D eigenvalue weighted by Crippen LogP contribution is 2.30. The van der Waals surface area contributed by atoms with Crippen LogP contribution < -0.4 is 5.32 Å². The van der Waals surface area contributed by atoms with E-state index in [2.05, 4.69) is 27.4 Å². The molecule has 0 bridgehead atoms. The topological polar surface area (TPSA) is 77.1 Å². The average molecular weight is 310 g/mol. The Hall–Kier alpha value is -2.70. The van der Waals surface area contributed by atoms with Crippen molar-refractivity contribution in [1.82, 2.24) is 24.4 Å². The molecular formula is C16H18N6O. The lowest BCUT2D eigenvalue weighted by Crippen LogP contribution is -2.14. The molecule has 0 unspecified atom stereocenters. The van der Waals surface area contributed by atoms with Crippen LogP contribution in [0, 0.1) is 5.92 Å². The lowest BCUT2D eigenvalue weighted by Gasteiger charge is -2.00. The molecule has 3 aromatic rings. The number of nitrogens with one attached hydrogen (secondary N) is 1. The van der Waals surface area contributed by atoms with E-state index in [0.29, 0.717) is 11.6 Å². The number of pyridine rings is 1. The van der Waals surface area contributed by atoms with E-state index >= 15 is 0 Å². The number of fused-ring (bicyclic) bond motifs is 1. The summed E-state index contributed by atoms with van der Waals surface area (Å²) >= 11 is 0. The number of carbonyl (C=O) groups is 1. The van der Waals surface area contributed by atoms with Gasteiger partial charge in [0.25, 0.3) is 0 Å². The van der Waals surface area contributed by atoms with Gasteiger partial charge in [-0.3, -0.25) is 14.8 Å². The molecule has 1 aliphatic rings. The largest absolute Gasteiger partial charge is 0.293 e. The first-order chi connectivity index (χ1) is 11.2. The molecule has 23 heavy (non-hydrogen) atoms. The van der Waals surface area contributed by atoms with E-state index in [1.807, 2.05) is 35.3 Å². The number of aryl methyl sites for hydroxylation is 1. The maximum atomic E-state index is 11.9. The fourth-order valence-corrected chi connectivity index (χ4v) is 2.58. The molecule has 118 valence electrons. The molecule has 1 fully saturated rings. The summed E-state index contributed by atoms with van der Waals surface area (Å²) in [5.41, 5.74) is 2.59. The summed E-state index contributed by atoms with van der Waals surface area (Å²) in [6.45, 7) is 3.00. The minimum atomic E-state index is 0.0122. The summed E-state index contributed by atoms with van der Waals surface area (Å²) in [6, 6.07) is 5.78. The third-order valence-electron chi connectivity index (χ3n) is 3.92. The van der Waals surface area contributed by atoms with Gasteiger partial charge in [0.05, 0.1) is 11.9 Å². The van der Waals surface area contributed by atoms with Gasteiger partial charge in [0.15, 0.2) is 5.65 Å². The summed E-state index contributed by atoms with van der Waals surface area (Å²) in [5, 5.41) is 11.6. The molecule has 3 heterocycles. The number of rotatable bonds is 5. The van der Waals surface area contributed by atoms with Gasteiger partial charge in [-0.15, -0.1) is 5.10 Å². The lowest BCUT2D eigenvalue weighted by atomic mass is 10.2. The van der Waals surface area contributed by atoms with Gasteiger partial charge >= 0.3 is 0 Å². The summed E-state index contributed by atoms with van der Waals surface area (Å²) in [7, 11) is 0. The second kappa shape index (κ2) is 5.49. The fourth-order valence-electron chi connectivity index (χ4n) is 2.58. The van der Waals surface area contributed by atoms with Crippen LogP contribution in [0.4, 0.5) is 5.95 Å². The van der Waals surface area contributed by atoms with Crippen LogP contribution in [0.5, 0.6) is 0 Å². The molecule has 4 rings (SSSR count). The zero-order valence-corrected chi connectivity index (χ0v) is 12.9. The number of carbonyl (C=O) groups excluding carboxylic acids is 1. The molecule has 7 heteroatoms. The van der Waals surface area contributed by atoms with Crippen LogP contribution >= 0.6 is 0 Å². The average Bonchev–Trinajstić information content (AvgIpc) is 3.16. The minimum absolute atomic E-state index is 0.0122. The van der Waals surface area contributed by atoms with Gasteiger partial charge in [-0.25, -0.2) is 4.52 Å². The number of nitrogens with zero attached hydrogens (tertiary/aromatic N) is 5. The predicted octanol–water partition coefficient (Wildman–Crippen LogP) is 2.35. The van der Waals surface area contributed by atoms with Crippen molar-refractivity contribution in [3.8, 4) is 11.3 Å². The molecule has 0 spiro atoms. The Morgan fingerprint density at radius 2 is 2.26 bits per heavy atom. The van der Waals surface area contributed by atoms with E-state index in [1.54, 1.807) is 4.52 Å². The Morgan fingerprint density at radius 3 is 3.04 bits per heavy atom. The second-order valence-electron chi connectivity index (χ2n) is 5.87. The standard InChI is InChI=1S/C16H18N6O/c1-2-8-21-10-12(9-17-21)13-4-3-5-14-18-16(20-22(13)14)19-15(23)11-6-7-11/h3-5,9-11H,2,6-8H2,1H3,(H,19,20,23). The second-order valence-corrected chi connectivity index (χ2v) is 5.87. The SMILES string of the molecule is CCCn1cc(-c2cccc3nc(NC(=O)C4CC4)nn23)cn1. The molecular weight excluding hydrogens is 292 g/mol. The van der Waals surface area contributed by atoms with Gasteiger partial charge in [0.1, 0.15) is 0 Å². The molecule has 0 saturated heterocycles. The van der Waals surface area contributed by atoms with Crippen molar-refractivity contribution in [2.75, 3.05) is 5.32 Å². The quantitative estimate of drug-likeness (QED) is 0.784. The maximum absolute atomic E-state index is 11.9. The van der Waals surface area contributed by atoms with Gasteiger partial charge in [-0.1, -0.05) is 13.0 Å². The monoisotopic (exact) mass is 310 g/mol. The van der Waals surface area contributed by atoms with Crippen LogP contribution in [-0.4, -0.2) is 30.3 Å². The normalized spacial score (nSPS) is 14.3. The van der Waals surface area contributed by atoms with Crippen molar-refractivity contribution in [3.05, 3.63) is 30.6 Å². The van der Waals surface area contributed by atoms with Gasteiger partial charge in [-0.05, 0) is 31.4 Å². The van der Waals surface area contributed by atoms with Crippen LogP contribution in [-0.2, 0) is 11.3 Å².